The van der Waals surface area contributed by atoms with Crippen molar-refractivity contribution >= 4 is 22.6 Å². The molecule has 0 unspecified atom stereocenters. The summed E-state index contributed by atoms with van der Waals surface area (Å²) in [7, 11) is 0. The number of aryl methyl sites for hydroxylation is 1. The van der Waals surface area contributed by atoms with E-state index in [-0.39, 0.29) is 12.5 Å². The number of benzene rings is 1. The Labute approximate surface area is 134 Å². The number of amides is 1. The van der Waals surface area contributed by atoms with E-state index in [0.29, 0.717) is 17.0 Å². The van der Waals surface area contributed by atoms with Gasteiger partial charge in [-0.1, -0.05) is 13.3 Å². The van der Waals surface area contributed by atoms with Gasteiger partial charge in [0.2, 0.25) is 0 Å². The van der Waals surface area contributed by atoms with Gasteiger partial charge in [0.25, 0.3) is 5.91 Å². The van der Waals surface area contributed by atoms with Crippen molar-refractivity contribution in [2.24, 2.45) is 5.73 Å². The van der Waals surface area contributed by atoms with E-state index in [0.717, 1.165) is 36.1 Å². The van der Waals surface area contributed by atoms with Crippen molar-refractivity contribution in [3.63, 3.8) is 0 Å². The first-order valence-corrected chi connectivity index (χ1v) is 7.77. The molecular weight excluding hydrogens is 292 g/mol. The number of anilines is 1. The van der Waals surface area contributed by atoms with Crippen LogP contribution in [0.4, 0.5) is 5.69 Å². The van der Waals surface area contributed by atoms with Crippen LogP contribution in [0, 0.1) is 0 Å². The first-order chi connectivity index (χ1) is 11.2. The SMILES string of the molecule is CCCCc1nc2ccc(NC(=O)c3coc(CN)c3)cc2[nH]1. The second-order valence-electron chi connectivity index (χ2n) is 5.48. The maximum absolute atomic E-state index is 12.2. The molecule has 0 saturated carbocycles. The minimum atomic E-state index is -0.224. The molecule has 0 spiro atoms. The Bertz CT molecular complexity index is 819. The summed E-state index contributed by atoms with van der Waals surface area (Å²) in [6.07, 6.45) is 4.58. The summed E-state index contributed by atoms with van der Waals surface area (Å²) in [5.41, 5.74) is 8.47. The van der Waals surface area contributed by atoms with Crippen molar-refractivity contribution in [2.75, 3.05) is 5.32 Å². The quantitative estimate of drug-likeness (QED) is 0.651. The predicted octanol–water partition coefficient (Wildman–Crippen LogP) is 3.21. The highest BCUT2D eigenvalue weighted by Gasteiger charge is 2.11. The van der Waals surface area contributed by atoms with Crippen molar-refractivity contribution in [1.29, 1.82) is 0 Å². The van der Waals surface area contributed by atoms with Gasteiger partial charge in [0.1, 0.15) is 17.8 Å². The van der Waals surface area contributed by atoms with Gasteiger partial charge in [-0.25, -0.2) is 4.98 Å². The average Bonchev–Trinajstić information content (AvgIpc) is 3.18. The van der Waals surface area contributed by atoms with Crippen LogP contribution < -0.4 is 11.1 Å². The van der Waals surface area contributed by atoms with Crippen molar-refractivity contribution in [3.05, 3.63) is 47.7 Å². The summed E-state index contributed by atoms with van der Waals surface area (Å²) in [5, 5.41) is 2.85. The van der Waals surface area contributed by atoms with E-state index < -0.39 is 0 Å². The molecule has 0 aliphatic rings. The van der Waals surface area contributed by atoms with Crippen molar-refractivity contribution < 1.29 is 9.21 Å². The molecular formula is C17H20N4O2. The van der Waals surface area contributed by atoms with Crippen LogP contribution in [-0.4, -0.2) is 15.9 Å². The van der Waals surface area contributed by atoms with Crippen molar-refractivity contribution in [2.45, 2.75) is 32.7 Å². The molecule has 0 bridgehead atoms. The fraction of sp³-hybridized carbons (Fsp3) is 0.294. The largest absolute Gasteiger partial charge is 0.467 e. The van der Waals surface area contributed by atoms with E-state index in [1.165, 1.54) is 6.26 Å². The number of nitrogens with zero attached hydrogens (tertiary/aromatic N) is 1. The molecule has 3 aromatic rings. The smallest absolute Gasteiger partial charge is 0.258 e. The third-order valence-electron chi connectivity index (χ3n) is 3.67. The van der Waals surface area contributed by atoms with Crippen molar-refractivity contribution in [1.82, 2.24) is 9.97 Å². The highest BCUT2D eigenvalue weighted by molar-refractivity contribution is 6.04. The van der Waals surface area contributed by atoms with Crippen LogP contribution in [-0.2, 0) is 13.0 Å². The number of hydrogen-bond donors (Lipinski definition) is 3. The number of carbonyl (C=O) groups is 1. The highest BCUT2D eigenvalue weighted by atomic mass is 16.3. The number of rotatable bonds is 6. The first kappa shape index (κ1) is 15.3. The zero-order valence-corrected chi connectivity index (χ0v) is 13.1. The molecule has 0 saturated heterocycles. The molecule has 120 valence electrons. The molecule has 1 aromatic carbocycles. The summed E-state index contributed by atoms with van der Waals surface area (Å²) in [6.45, 7) is 2.43. The van der Waals surface area contributed by atoms with Gasteiger partial charge in [-0.15, -0.1) is 0 Å². The number of nitrogens with two attached hydrogens (primary N) is 1. The van der Waals surface area contributed by atoms with Gasteiger partial charge < -0.3 is 20.5 Å². The molecule has 0 aliphatic carbocycles. The van der Waals surface area contributed by atoms with Gasteiger partial charge in [0, 0.05) is 12.1 Å². The molecule has 0 fully saturated rings. The minimum absolute atomic E-state index is 0.224. The summed E-state index contributed by atoms with van der Waals surface area (Å²) in [5.74, 6) is 1.34. The summed E-state index contributed by atoms with van der Waals surface area (Å²) in [4.78, 5) is 20.0. The van der Waals surface area contributed by atoms with Crippen LogP contribution in [0.3, 0.4) is 0 Å². The lowest BCUT2D eigenvalue weighted by atomic mass is 10.2. The molecule has 4 N–H and O–H groups in total. The first-order valence-electron chi connectivity index (χ1n) is 7.77. The van der Waals surface area contributed by atoms with Gasteiger partial charge in [-0.05, 0) is 30.7 Å². The lowest BCUT2D eigenvalue weighted by molar-refractivity contribution is 0.102. The Hall–Kier alpha value is -2.60. The van der Waals surface area contributed by atoms with Crippen LogP contribution in [0.5, 0.6) is 0 Å². The summed E-state index contributed by atoms with van der Waals surface area (Å²) < 4.78 is 5.18. The number of aromatic amines is 1. The number of aromatic nitrogens is 2. The van der Waals surface area contributed by atoms with Gasteiger partial charge in [-0.3, -0.25) is 4.79 Å². The zero-order valence-electron chi connectivity index (χ0n) is 13.1. The number of hydrogen-bond acceptors (Lipinski definition) is 4. The predicted molar refractivity (Wildman–Crippen MR) is 89.3 cm³/mol. The average molecular weight is 312 g/mol. The Morgan fingerprint density at radius 2 is 2.26 bits per heavy atom. The van der Waals surface area contributed by atoms with E-state index in [1.54, 1.807) is 6.07 Å². The van der Waals surface area contributed by atoms with Crippen LogP contribution >= 0.6 is 0 Å². The molecule has 6 nitrogen and oxygen atoms in total. The number of carbonyl (C=O) groups excluding carboxylic acids is 1. The Balaban J connectivity index is 1.75. The monoisotopic (exact) mass is 312 g/mol. The van der Waals surface area contributed by atoms with E-state index in [2.05, 4.69) is 22.2 Å². The number of nitrogens with one attached hydrogen (secondary N) is 2. The number of imidazole rings is 1. The van der Waals surface area contributed by atoms with Crippen LogP contribution in [0.25, 0.3) is 11.0 Å². The van der Waals surface area contributed by atoms with Crippen LogP contribution in [0.1, 0.15) is 41.7 Å². The molecule has 3 rings (SSSR count). The molecule has 0 radical (unpaired) electrons. The Morgan fingerprint density at radius 1 is 1.39 bits per heavy atom. The molecule has 0 aliphatic heterocycles. The summed E-state index contributed by atoms with van der Waals surface area (Å²) in [6, 6.07) is 7.28. The maximum atomic E-state index is 12.2. The lowest BCUT2D eigenvalue weighted by Crippen LogP contribution is -2.10. The lowest BCUT2D eigenvalue weighted by Gasteiger charge is -2.02. The molecule has 6 heteroatoms. The maximum Gasteiger partial charge on any atom is 0.258 e. The zero-order chi connectivity index (χ0) is 16.2. The van der Waals surface area contributed by atoms with E-state index in [4.69, 9.17) is 10.2 Å². The Kier molecular flexibility index (Phi) is 4.43. The fourth-order valence-electron chi connectivity index (χ4n) is 2.41. The third kappa shape index (κ3) is 3.43. The number of furan rings is 1. The second kappa shape index (κ2) is 6.66. The van der Waals surface area contributed by atoms with Gasteiger partial charge in [-0.2, -0.15) is 0 Å². The molecule has 0 atom stereocenters. The standard InChI is InChI=1S/C17H20N4O2/c1-2-3-4-16-20-14-6-5-12(8-15(14)21-16)19-17(22)11-7-13(9-18)23-10-11/h5-8,10H,2-4,9,18H2,1H3,(H,19,22)(H,20,21). The van der Waals surface area contributed by atoms with Gasteiger partial charge in [0.05, 0.1) is 23.1 Å². The normalized spacial score (nSPS) is 11.0. The molecule has 1 amide bonds. The second-order valence-corrected chi connectivity index (χ2v) is 5.48. The topological polar surface area (TPSA) is 96.9 Å². The molecule has 23 heavy (non-hydrogen) atoms. The number of H-pyrrole nitrogens is 1. The number of fused-ring (bicyclic) bond motifs is 1. The minimum Gasteiger partial charge on any atom is -0.467 e. The van der Waals surface area contributed by atoms with E-state index in [1.807, 2.05) is 18.2 Å². The van der Waals surface area contributed by atoms with Gasteiger partial charge >= 0.3 is 0 Å². The van der Waals surface area contributed by atoms with Gasteiger partial charge in [0.15, 0.2) is 0 Å². The van der Waals surface area contributed by atoms with Crippen molar-refractivity contribution in [3.8, 4) is 0 Å². The van der Waals surface area contributed by atoms with E-state index >= 15 is 0 Å². The molecule has 2 aromatic heterocycles. The summed E-state index contributed by atoms with van der Waals surface area (Å²) >= 11 is 0. The fourth-order valence-corrected chi connectivity index (χ4v) is 2.41. The van der Waals surface area contributed by atoms with Crippen LogP contribution in [0.15, 0.2) is 34.9 Å². The Morgan fingerprint density at radius 3 is 3.00 bits per heavy atom. The number of unbranched alkanes of at least 4 members (excludes halogenated alkanes) is 1. The highest BCUT2D eigenvalue weighted by Crippen LogP contribution is 2.19. The third-order valence-corrected chi connectivity index (χ3v) is 3.67. The molecule has 2 heterocycles. The van der Waals surface area contributed by atoms with E-state index in [9.17, 15) is 4.79 Å². The van der Waals surface area contributed by atoms with Crippen LogP contribution in [0.2, 0.25) is 0 Å².